The van der Waals surface area contributed by atoms with Crippen LogP contribution in [0.1, 0.15) is 23.2 Å². The van der Waals surface area contributed by atoms with E-state index in [2.05, 4.69) is 0 Å². The minimum Gasteiger partial charge on any atom is -0.497 e. The molecule has 1 aliphatic rings. The molecule has 1 saturated heterocycles. The molecule has 16 heavy (non-hydrogen) atoms. The summed E-state index contributed by atoms with van der Waals surface area (Å²) < 4.78 is 15.4. The van der Waals surface area contributed by atoms with Crippen LogP contribution in [0.4, 0.5) is 0 Å². The van der Waals surface area contributed by atoms with E-state index in [4.69, 9.17) is 14.2 Å². The largest absolute Gasteiger partial charge is 0.497 e. The Bertz CT molecular complexity index is 352. The smallest absolute Gasteiger partial charge is 0.340 e. The van der Waals surface area contributed by atoms with Crippen LogP contribution in [0, 0.1) is 0 Å². The first-order valence-electron chi connectivity index (χ1n) is 5.26. The molecule has 1 aromatic carbocycles. The fraction of sp³-hybridized carbons (Fsp3) is 0.417. The van der Waals surface area contributed by atoms with Gasteiger partial charge in [0.2, 0.25) is 6.29 Å². The highest BCUT2D eigenvalue weighted by Gasteiger charge is 2.20. The van der Waals surface area contributed by atoms with Crippen molar-refractivity contribution in [3.63, 3.8) is 0 Å². The molecule has 1 atom stereocenters. The first-order chi connectivity index (χ1) is 7.79. The number of carbonyl (C=O) groups excluding carboxylic acids is 1. The van der Waals surface area contributed by atoms with Crippen molar-refractivity contribution in [3.8, 4) is 5.75 Å². The molecule has 1 heterocycles. The maximum atomic E-state index is 11.7. The Morgan fingerprint density at radius 2 is 2.12 bits per heavy atom. The number of benzene rings is 1. The van der Waals surface area contributed by atoms with Crippen molar-refractivity contribution in [3.05, 3.63) is 29.8 Å². The summed E-state index contributed by atoms with van der Waals surface area (Å²) in [5.74, 6) is 0.364. The van der Waals surface area contributed by atoms with Crippen LogP contribution in [0.5, 0.6) is 5.75 Å². The predicted molar refractivity (Wildman–Crippen MR) is 57.4 cm³/mol. The van der Waals surface area contributed by atoms with Crippen LogP contribution in [-0.2, 0) is 9.47 Å². The van der Waals surface area contributed by atoms with Crippen LogP contribution in [0.3, 0.4) is 0 Å². The Morgan fingerprint density at radius 3 is 2.69 bits per heavy atom. The standard InChI is InChI=1S/C12H14O4/c1-14-10-6-4-9(5-7-10)12(13)16-11-3-2-8-15-11/h4-7,11H,2-3,8H2,1H3/t11-/m0/s1. The number of hydrogen-bond acceptors (Lipinski definition) is 4. The zero-order chi connectivity index (χ0) is 11.4. The minimum absolute atomic E-state index is 0.352. The van der Waals surface area contributed by atoms with Crippen molar-refractivity contribution in [2.45, 2.75) is 19.1 Å². The van der Waals surface area contributed by atoms with E-state index in [-0.39, 0.29) is 12.3 Å². The Balaban J connectivity index is 1.97. The predicted octanol–water partition coefficient (Wildman–Crippen LogP) is 1.99. The SMILES string of the molecule is COc1ccc(C(=O)O[C@H]2CCCO2)cc1. The van der Waals surface area contributed by atoms with Gasteiger partial charge < -0.3 is 14.2 Å². The third kappa shape index (κ3) is 2.52. The van der Waals surface area contributed by atoms with Gasteiger partial charge in [-0.1, -0.05) is 0 Å². The zero-order valence-electron chi connectivity index (χ0n) is 9.14. The van der Waals surface area contributed by atoms with Gasteiger partial charge in [-0.2, -0.15) is 0 Å². The van der Waals surface area contributed by atoms with Gasteiger partial charge in [0, 0.05) is 6.42 Å². The Kier molecular flexibility index (Phi) is 3.41. The monoisotopic (exact) mass is 222 g/mol. The second kappa shape index (κ2) is 4.99. The minimum atomic E-state index is -0.380. The third-order valence-electron chi connectivity index (χ3n) is 2.45. The second-order valence-electron chi connectivity index (χ2n) is 3.58. The quantitative estimate of drug-likeness (QED) is 0.734. The van der Waals surface area contributed by atoms with Crippen LogP contribution < -0.4 is 4.74 Å². The molecule has 1 fully saturated rings. The van der Waals surface area contributed by atoms with Crippen LogP contribution in [-0.4, -0.2) is 26.0 Å². The van der Waals surface area contributed by atoms with E-state index >= 15 is 0 Å². The molecule has 1 aromatic rings. The van der Waals surface area contributed by atoms with Crippen molar-refractivity contribution in [2.75, 3.05) is 13.7 Å². The normalized spacial score (nSPS) is 19.4. The lowest BCUT2D eigenvalue weighted by atomic mass is 10.2. The number of ether oxygens (including phenoxy) is 3. The van der Waals surface area contributed by atoms with Crippen molar-refractivity contribution in [1.82, 2.24) is 0 Å². The van der Waals surface area contributed by atoms with Gasteiger partial charge in [-0.05, 0) is 30.7 Å². The molecule has 0 aliphatic carbocycles. The first kappa shape index (κ1) is 11.0. The van der Waals surface area contributed by atoms with Gasteiger partial charge in [0.25, 0.3) is 0 Å². The van der Waals surface area contributed by atoms with E-state index in [1.54, 1.807) is 31.4 Å². The van der Waals surface area contributed by atoms with Crippen LogP contribution in [0.15, 0.2) is 24.3 Å². The van der Waals surface area contributed by atoms with E-state index in [0.29, 0.717) is 17.9 Å². The van der Waals surface area contributed by atoms with Gasteiger partial charge in [-0.15, -0.1) is 0 Å². The second-order valence-corrected chi connectivity index (χ2v) is 3.58. The molecule has 0 amide bonds. The molecule has 4 heteroatoms. The average Bonchev–Trinajstić information content (AvgIpc) is 2.82. The van der Waals surface area contributed by atoms with E-state index in [1.807, 2.05) is 0 Å². The molecule has 0 N–H and O–H groups in total. The Hall–Kier alpha value is -1.55. The van der Waals surface area contributed by atoms with Gasteiger partial charge in [-0.3, -0.25) is 0 Å². The summed E-state index contributed by atoms with van der Waals surface area (Å²) in [5.41, 5.74) is 0.510. The molecule has 0 saturated carbocycles. The van der Waals surface area contributed by atoms with Gasteiger partial charge in [-0.25, -0.2) is 4.79 Å². The molecule has 1 aliphatic heterocycles. The molecule has 4 nitrogen and oxygen atoms in total. The summed E-state index contributed by atoms with van der Waals surface area (Å²) in [6.07, 6.45) is 1.34. The molecular formula is C12H14O4. The maximum Gasteiger partial charge on any atom is 0.340 e. The fourth-order valence-corrected chi connectivity index (χ4v) is 1.56. The summed E-state index contributed by atoms with van der Waals surface area (Å²) in [7, 11) is 1.58. The highest BCUT2D eigenvalue weighted by atomic mass is 16.7. The molecule has 0 radical (unpaired) electrons. The van der Waals surface area contributed by atoms with Crippen molar-refractivity contribution < 1.29 is 19.0 Å². The van der Waals surface area contributed by atoms with Gasteiger partial charge in [0.1, 0.15) is 5.75 Å². The van der Waals surface area contributed by atoms with Crippen LogP contribution in [0.25, 0.3) is 0 Å². The molecule has 86 valence electrons. The van der Waals surface area contributed by atoms with E-state index in [0.717, 1.165) is 12.8 Å². The topological polar surface area (TPSA) is 44.8 Å². The number of rotatable bonds is 3. The summed E-state index contributed by atoms with van der Waals surface area (Å²) >= 11 is 0. The third-order valence-corrected chi connectivity index (χ3v) is 2.45. The van der Waals surface area contributed by atoms with Crippen molar-refractivity contribution in [2.24, 2.45) is 0 Å². The molecule has 0 bridgehead atoms. The molecule has 0 unspecified atom stereocenters. The fourth-order valence-electron chi connectivity index (χ4n) is 1.56. The van der Waals surface area contributed by atoms with Crippen molar-refractivity contribution >= 4 is 5.97 Å². The molecular weight excluding hydrogens is 208 g/mol. The summed E-state index contributed by atoms with van der Waals surface area (Å²) in [6, 6.07) is 6.81. The van der Waals surface area contributed by atoms with E-state index < -0.39 is 0 Å². The number of hydrogen-bond donors (Lipinski definition) is 0. The highest BCUT2D eigenvalue weighted by Crippen LogP contribution is 2.17. The average molecular weight is 222 g/mol. The number of carbonyl (C=O) groups is 1. The summed E-state index contributed by atoms with van der Waals surface area (Å²) in [4.78, 5) is 11.7. The lowest BCUT2D eigenvalue weighted by molar-refractivity contribution is -0.0775. The zero-order valence-corrected chi connectivity index (χ0v) is 9.14. The Labute approximate surface area is 94.1 Å². The first-order valence-corrected chi connectivity index (χ1v) is 5.26. The molecule has 2 rings (SSSR count). The van der Waals surface area contributed by atoms with Gasteiger partial charge in [0.15, 0.2) is 0 Å². The summed E-state index contributed by atoms with van der Waals surface area (Å²) in [6.45, 7) is 0.667. The lowest BCUT2D eigenvalue weighted by Crippen LogP contribution is -2.16. The lowest BCUT2D eigenvalue weighted by Gasteiger charge is -2.10. The van der Waals surface area contributed by atoms with Crippen molar-refractivity contribution in [1.29, 1.82) is 0 Å². The van der Waals surface area contributed by atoms with Crippen LogP contribution >= 0.6 is 0 Å². The van der Waals surface area contributed by atoms with Gasteiger partial charge >= 0.3 is 5.97 Å². The Morgan fingerprint density at radius 1 is 1.38 bits per heavy atom. The van der Waals surface area contributed by atoms with E-state index in [9.17, 15) is 4.79 Å². The van der Waals surface area contributed by atoms with Gasteiger partial charge in [0.05, 0.1) is 19.3 Å². The highest BCUT2D eigenvalue weighted by molar-refractivity contribution is 5.89. The number of esters is 1. The van der Waals surface area contributed by atoms with E-state index in [1.165, 1.54) is 0 Å². The maximum absolute atomic E-state index is 11.7. The molecule has 0 spiro atoms. The summed E-state index contributed by atoms with van der Waals surface area (Å²) in [5, 5.41) is 0. The molecule has 0 aromatic heterocycles. The number of methoxy groups -OCH3 is 1. The van der Waals surface area contributed by atoms with Crippen LogP contribution in [0.2, 0.25) is 0 Å².